The number of aliphatic hydroxyl groups is 1. The normalized spacial score (nSPS) is 28.1. The molecule has 0 aromatic rings. The highest BCUT2D eigenvalue weighted by Gasteiger charge is 2.28. The molecule has 0 radical (unpaired) electrons. The van der Waals surface area contributed by atoms with Crippen LogP contribution in [0.3, 0.4) is 0 Å². The zero-order valence-electron chi connectivity index (χ0n) is 9.82. The Morgan fingerprint density at radius 3 is 2.56 bits per heavy atom. The van der Waals surface area contributed by atoms with Gasteiger partial charge in [0.05, 0.1) is 6.04 Å². The molecule has 16 heavy (non-hydrogen) atoms. The van der Waals surface area contributed by atoms with Gasteiger partial charge in [-0.15, -0.1) is 0 Å². The molecule has 2 N–H and O–H groups in total. The van der Waals surface area contributed by atoms with E-state index in [0.29, 0.717) is 5.92 Å². The number of rotatable bonds is 2. The zero-order valence-corrected chi connectivity index (χ0v) is 9.82. The van der Waals surface area contributed by atoms with Crippen LogP contribution in [-0.4, -0.2) is 48.2 Å². The summed E-state index contributed by atoms with van der Waals surface area (Å²) >= 11 is 0. The van der Waals surface area contributed by atoms with E-state index in [9.17, 15) is 4.79 Å². The van der Waals surface area contributed by atoms with Gasteiger partial charge in [0.2, 0.25) is 5.91 Å². The first kappa shape index (κ1) is 11.9. The molecule has 0 spiro atoms. The Kier molecular flexibility index (Phi) is 4.18. The number of hydrogen-bond donors (Lipinski definition) is 2. The Labute approximate surface area is 97.0 Å². The van der Waals surface area contributed by atoms with Gasteiger partial charge in [-0.05, 0) is 38.1 Å². The highest BCUT2D eigenvalue weighted by atomic mass is 16.3. The molecule has 92 valence electrons. The third-order valence-corrected chi connectivity index (χ3v) is 3.79. The Morgan fingerprint density at radius 1 is 1.25 bits per heavy atom. The summed E-state index contributed by atoms with van der Waals surface area (Å²) in [6, 6.07) is 0.0550. The van der Waals surface area contributed by atoms with Gasteiger partial charge in [0.25, 0.3) is 0 Å². The molecule has 2 saturated heterocycles. The predicted octanol–water partition coefficient (Wildman–Crippen LogP) is 0.359. The molecule has 0 aromatic carbocycles. The molecule has 4 heteroatoms. The summed E-state index contributed by atoms with van der Waals surface area (Å²) in [4.78, 5) is 14.1. The number of aliphatic hydroxyl groups excluding tert-OH is 1. The minimum atomic E-state index is 0.0550. The van der Waals surface area contributed by atoms with Crippen molar-refractivity contribution >= 4 is 5.91 Å². The van der Waals surface area contributed by atoms with Crippen molar-refractivity contribution in [2.75, 3.05) is 26.2 Å². The summed E-state index contributed by atoms with van der Waals surface area (Å²) in [5.41, 5.74) is 0. The largest absolute Gasteiger partial charge is 0.396 e. The second kappa shape index (κ2) is 5.64. The zero-order chi connectivity index (χ0) is 11.4. The molecule has 2 heterocycles. The summed E-state index contributed by atoms with van der Waals surface area (Å²) in [5.74, 6) is 0.680. The van der Waals surface area contributed by atoms with E-state index in [-0.39, 0.29) is 18.6 Å². The molecule has 2 aliphatic heterocycles. The standard InChI is InChI=1S/C12H22N2O2/c15-9-10-4-7-14(8-5-10)12(16)11-3-1-2-6-13-11/h10-11,13,15H,1-9H2/t11-/m1/s1. The monoisotopic (exact) mass is 226 g/mol. The highest BCUT2D eigenvalue weighted by Crippen LogP contribution is 2.18. The fourth-order valence-electron chi connectivity index (χ4n) is 2.62. The SMILES string of the molecule is O=C([C@H]1CCCCN1)N1CCC(CO)CC1. The molecule has 0 aromatic heterocycles. The van der Waals surface area contributed by atoms with Crippen LogP contribution in [0.1, 0.15) is 32.1 Å². The Bertz CT molecular complexity index is 231. The summed E-state index contributed by atoms with van der Waals surface area (Å²) < 4.78 is 0. The number of nitrogens with zero attached hydrogens (tertiary/aromatic N) is 1. The second-order valence-electron chi connectivity index (χ2n) is 4.95. The third kappa shape index (κ3) is 2.74. The highest BCUT2D eigenvalue weighted by molar-refractivity contribution is 5.82. The molecule has 1 atom stereocenters. The number of carbonyl (C=O) groups excluding carboxylic acids is 1. The maximum Gasteiger partial charge on any atom is 0.239 e. The topological polar surface area (TPSA) is 52.6 Å². The lowest BCUT2D eigenvalue weighted by Gasteiger charge is -2.35. The lowest BCUT2D eigenvalue weighted by molar-refractivity contribution is -0.135. The van der Waals surface area contributed by atoms with Crippen LogP contribution in [0, 0.1) is 5.92 Å². The maximum atomic E-state index is 12.1. The van der Waals surface area contributed by atoms with Crippen molar-refractivity contribution in [2.45, 2.75) is 38.1 Å². The van der Waals surface area contributed by atoms with Gasteiger partial charge in [0.1, 0.15) is 0 Å². The predicted molar refractivity (Wildman–Crippen MR) is 62.0 cm³/mol. The number of nitrogens with one attached hydrogen (secondary N) is 1. The fraction of sp³-hybridized carbons (Fsp3) is 0.917. The van der Waals surface area contributed by atoms with Gasteiger partial charge < -0.3 is 15.3 Å². The molecule has 2 aliphatic rings. The van der Waals surface area contributed by atoms with Crippen LogP contribution < -0.4 is 5.32 Å². The van der Waals surface area contributed by atoms with Gasteiger partial charge in [-0.1, -0.05) is 6.42 Å². The molecule has 0 bridgehead atoms. The van der Waals surface area contributed by atoms with E-state index >= 15 is 0 Å². The third-order valence-electron chi connectivity index (χ3n) is 3.79. The molecular weight excluding hydrogens is 204 g/mol. The van der Waals surface area contributed by atoms with Crippen molar-refractivity contribution in [2.24, 2.45) is 5.92 Å². The maximum absolute atomic E-state index is 12.1. The van der Waals surface area contributed by atoms with E-state index < -0.39 is 0 Å². The van der Waals surface area contributed by atoms with Gasteiger partial charge in [0.15, 0.2) is 0 Å². The Balaban J connectivity index is 1.81. The van der Waals surface area contributed by atoms with Crippen molar-refractivity contribution in [3.63, 3.8) is 0 Å². The first-order chi connectivity index (χ1) is 7.81. The lowest BCUT2D eigenvalue weighted by atomic mass is 9.96. The van der Waals surface area contributed by atoms with Crippen LogP contribution in [-0.2, 0) is 4.79 Å². The molecule has 2 fully saturated rings. The van der Waals surface area contributed by atoms with Gasteiger partial charge in [-0.3, -0.25) is 4.79 Å². The Hall–Kier alpha value is -0.610. The average molecular weight is 226 g/mol. The molecular formula is C12H22N2O2. The van der Waals surface area contributed by atoms with E-state index in [1.165, 1.54) is 6.42 Å². The van der Waals surface area contributed by atoms with Crippen LogP contribution in [0.5, 0.6) is 0 Å². The number of carbonyl (C=O) groups is 1. The molecule has 4 nitrogen and oxygen atoms in total. The summed E-state index contributed by atoms with van der Waals surface area (Å²) in [6.07, 6.45) is 5.25. The summed E-state index contributed by atoms with van der Waals surface area (Å²) in [6.45, 7) is 2.89. The number of amides is 1. The van der Waals surface area contributed by atoms with Crippen LogP contribution in [0.2, 0.25) is 0 Å². The van der Waals surface area contributed by atoms with Crippen molar-refractivity contribution < 1.29 is 9.90 Å². The van der Waals surface area contributed by atoms with Crippen LogP contribution in [0.25, 0.3) is 0 Å². The molecule has 2 rings (SSSR count). The molecule has 1 amide bonds. The first-order valence-corrected chi connectivity index (χ1v) is 6.44. The minimum Gasteiger partial charge on any atom is -0.396 e. The van der Waals surface area contributed by atoms with Gasteiger partial charge >= 0.3 is 0 Å². The Morgan fingerprint density at radius 2 is 2.00 bits per heavy atom. The fourth-order valence-corrected chi connectivity index (χ4v) is 2.62. The van der Waals surface area contributed by atoms with Crippen molar-refractivity contribution in [3.8, 4) is 0 Å². The van der Waals surface area contributed by atoms with Gasteiger partial charge in [-0.25, -0.2) is 0 Å². The second-order valence-corrected chi connectivity index (χ2v) is 4.95. The number of likely N-dealkylation sites (tertiary alicyclic amines) is 1. The number of hydrogen-bond acceptors (Lipinski definition) is 3. The van der Waals surface area contributed by atoms with Gasteiger partial charge in [0, 0.05) is 19.7 Å². The quantitative estimate of drug-likeness (QED) is 0.715. The van der Waals surface area contributed by atoms with Crippen LogP contribution in [0.4, 0.5) is 0 Å². The first-order valence-electron chi connectivity index (χ1n) is 6.44. The van der Waals surface area contributed by atoms with E-state index in [1.54, 1.807) is 0 Å². The van der Waals surface area contributed by atoms with Crippen molar-refractivity contribution in [1.82, 2.24) is 10.2 Å². The summed E-state index contributed by atoms with van der Waals surface area (Å²) in [7, 11) is 0. The van der Waals surface area contributed by atoms with E-state index in [2.05, 4.69) is 5.32 Å². The van der Waals surface area contributed by atoms with E-state index in [1.807, 2.05) is 4.90 Å². The average Bonchev–Trinajstić information content (AvgIpc) is 2.39. The van der Waals surface area contributed by atoms with Crippen LogP contribution >= 0.6 is 0 Å². The van der Waals surface area contributed by atoms with Gasteiger partial charge in [-0.2, -0.15) is 0 Å². The molecule has 0 saturated carbocycles. The molecule has 0 unspecified atom stereocenters. The molecule has 0 aliphatic carbocycles. The van der Waals surface area contributed by atoms with E-state index in [4.69, 9.17) is 5.11 Å². The minimum absolute atomic E-state index is 0.0550. The number of piperidine rings is 2. The van der Waals surface area contributed by atoms with E-state index in [0.717, 1.165) is 45.3 Å². The van der Waals surface area contributed by atoms with Crippen molar-refractivity contribution in [3.05, 3.63) is 0 Å². The smallest absolute Gasteiger partial charge is 0.239 e. The lowest BCUT2D eigenvalue weighted by Crippen LogP contribution is -2.50. The van der Waals surface area contributed by atoms with Crippen molar-refractivity contribution in [1.29, 1.82) is 0 Å². The van der Waals surface area contributed by atoms with Crippen LogP contribution in [0.15, 0.2) is 0 Å². The summed E-state index contributed by atoms with van der Waals surface area (Å²) in [5, 5.41) is 12.3.